The predicted octanol–water partition coefficient (Wildman–Crippen LogP) is 6.05. The van der Waals surface area contributed by atoms with Gasteiger partial charge in [0.25, 0.3) is 0 Å². The molecule has 1 aliphatic carbocycles. The van der Waals surface area contributed by atoms with Crippen LogP contribution in [0, 0.1) is 11.8 Å². The highest BCUT2D eigenvalue weighted by Crippen LogP contribution is 2.45. The molecule has 3 aromatic carbocycles. The molecule has 0 bridgehead atoms. The van der Waals surface area contributed by atoms with Gasteiger partial charge in [-0.25, -0.2) is 14.4 Å². The molecule has 3 aliphatic heterocycles. The Hall–Kier alpha value is -8.16. The average molecular weight is 1260 g/mol. The number of amides is 7. The van der Waals surface area contributed by atoms with Gasteiger partial charge >= 0.3 is 24.2 Å². The fourth-order valence-electron chi connectivity index (χ4n) is 11.4. The van der Waals surface area contributed by atoms with E-state index in [4.69, 9.17) is 34.2 Å². The summed E-state index contributed by atoms with van der Waals surface area (Å²) in [5.41, 5.74) is 8.71. The van der Waals surface area contributed by atoms with E-state index in [-0.39, 0.29) is 88.4 Å². The molecule has 0 radical (unpaired) electrons. The van der Waals surface area contributed by atoms with Crippen molar-refractivity contribution in [3.8, 4) is 11.1 Å². The van der Waals surface area contributed by atoms with Crippen LogP contribution in [-0.4, -0.2) is 179 Å². The summed E-state index contributed by atoms with van der Waals surface area (Å²) in [4.78, 5) is 108. The van der Waals surface area contributed by atoms with E-state index in [2.05, 4.69) is 21.3 Å². The highest BCUT2D eigenvalue weighted by Gasteiger charge is 2.47. The number of primary amides is 1. The minimum atomic E-state index is -1.44. The molecular weight excluding hydrogens is 1170 g/mol. The second-order valence-electron chi connectivity index (χ2n) is 24.5. The lowest BCUT2D eigenvalue weighted by atomic mass is 9.88. The standard InChI is InChI=1S/C67H89N7O17/c1-10-53(76)41(4)59-54(89-59)36-66(7,85)28-15-16-39(2)58-40(3)21-26-55(67(8,86-9)29-27-46(75)34-57(78)91-58)90-65(84)74-32-30-73(31-33-74)64(83)88-37-44-22-24-45(25-23-44)71-62(81)52(35-56(68)77)72-61(80)42(5)69-60(79)43(6)70-63(82)87-38-51-49-19-13-11-17-47(49)48-18-12-14-20-50(48)51/h11-26,28,40-43,46,51-55,58-59,75-76,85H,10,27,29-38H2,1-9H3,(H2,68,77)(H,69,79)(H,70,82)(H,71,81)(H,72,80)/b26-21+,28-15+,39-16+/t40-,41+,42-,43-,46+,52-,53-,54+,55-,58+,59+,66-,67+/m0/s1. The van der Waals surface area contributed by atoms with Gasteiger partial charge in [0, 0.05) is 63.2 Å². The van der Waals surface area contributed by atoms with Crippen LogP contribution in [-0.2, 0) is 59.0 Å². The van der Waals surface area contributed by atoms with Crippen LogP contribution in [0.2, 0.25) is 0 Å². The Balaban J connectivity index is 0.854. The molecule has 7 rings (SSSR count). The van der Waals surface area contributed by atoms with Gasteiger partial charge in [-0.3, -0.25) is 24.0 Å². The number of carbonyl (C=O) groups is 8. The van der Waals surface area contributed by atoms with Crippen LogP contribution in [0.15, 0.2) is 109 Å². The molecule has 24 nitrogen and oxygen atoms in total. The van der Waals surface area contributed by atoms with Crippen molar-refractivity contribution in [2.75, 3.05) is 45.2 Å². The molecule has 24 heteroatoms. The van der Waals surface area contributed by atoms with Crippen LogP contribution in [0.1, 0.15) is 117 Å². The first-order valence-corrected chi connectivity index (χ1v) is 31.0. The first kappa shape index (κ1) is 70.3. The first-order chi connectivity index (χ1) is 43.2. The van der Waals surface area contributed by atoms with Crippen molar-refractivity contribution in [3.05, 3.63) is 125 Å². The predicted molar refractivity (Wildman–Crippen MR) is 335 cm³/mol. The van der Waals surface area contributed by atoms with Crippen molar-refractivity contribution in [3.63, 3.8) is 0 Å². The number of rotatable bonds is 23. The summed E-state index contributed by atoms with van der Waals surface area (Å²) in [6.45, 7) is 14.0. The smallest absolute Gasteiger partial charge is 0.410 e. The zero-order valence-electron chi connectivity index (χ0n) is 53.3. The van der Waals surface area contributed by atoms with Crippen molar-refractivity contribution >= 4 is 53.6 Å². The summed E-state index contributed by atoms with van der Waals surface area (Å²) >= 11 is 0. The number of epoxide rings is 1. The van der Waals surface area contributed by atoms with Gasteiger partial charge in [-0.1, -0.05) is 106 Å². The number of ether oxygens (including phenoxy) is 6. The fraction of sp³-hybridized carbons (Fsp3) is 0.522. The maximum absolute atomic E-state index is 13.9. The van der Waals surface area contributed by atoms with Gasteiger partial charge in [0.05, 0.1) is 42.9 Å². The van der Waals surface area contributed by atoms with E-state index < -0.39 is 114 Å². The molecule has 2 saturated heterocycles. The van der Waals surface area contributed by atoms with E-state index in [9.17, 15) is 53.7 Å². The number of methoxy groups -OCH3 is 1. The maximum atomic E-state index is 13.9. The highest BCUT2D eigenvalue weighted by molar-refractivity contribution is 6.00. The second-order valence-corrected chi connectivity index (χ2v) is 24.5. The Morgan fingerprint density at radius 2 is 1.45 bits per heavy atom. The monoisotopic (exact) mass is 1260 g/mol. The van der Waals surface area contributed by atoms with Crippen LogP contribution in [0.25, 0.3) is 11.1 Å². The van der Waals surface area contributed by atoms with Crippen LogP contribution >= 0.6 is 0 Å². The normalized spacial score (nSPS) is 24.6. The number of nitrogens with two attached hydrogens (primary N) is 1. The number of hydrogen-bond acceptors (Lipinski definition) is 17. The molecule has 0 aromatic heterocycles. The lowest BCUT2D eigenvalue weighted by Gasteiger charge is -2.38. The molecule has 3 aromatic rings. The number of nitrogens with one attached hydrogen (secondary N) is 4. The molecule has 3 heterocycles. The van der Waals surface area contributed by atoms with E-state index >= 15 is 0 Å². The summed E-state index contributed by atoms with van der Waals surface area (Å²) in [7, 11) is 1.48. The Morgan fingerprint density at radius 3 is 2.07 bits per heavy atom. The summed E-state index contributed by atoms with van der Waals surface area (Å²) in [5, 5.41) is 42.5. The van der Waals surface area contributed by atoms with Crippen LogP contribution < -0.4 is 27.0 Å². The van der Waals surface area contributed by atoms with Gasteiger partial charge in [0.2, 0.25) is 23.6 Å². The molecular formula is C67H89N7O17. The third-order valence-electron chi connectivity index (χ3n) is 17.3. The number of alkyl carbamates (subject to hydrolysis) is 1. The van der Waals surface area contributed by atoms with Crippen LogP contribution in [0.4, 0.5) is 20.1 Å². The average Bonchev–Trinajstić information content (AvgIpc) is 1.64. The summed E-state index contributed by atoms with van der Waals surface area (Å²) in [6, 6.07) is 18.2. The molecule has 494 valence electrons. The number of allylic oxidation sites excluding steroid dienone is 2. The van der Waals surface area contributed by atoms with E-state index in [1.54, 1.807) is 63.3 Å². The third kappa shape index (κ3) is 19.4. The minimum absolute atomic E-state index is 0.0272. The lowest BCUT2D eigenvalue weighted by molar-refractivity contribution is -0.151. The largest absolute Gasteiger partial charge is 0.457 e. The zero-order chi connectivity index (χ0) is 66.3. The van der Waals surface area contributed by atoms with Gasteiger partial charge in [0.15, 0.2) is 6.10 Å². The summed E-state index contributed by atoms with van der Waals surface area (Å²) in [5.74, 6) is -4.52. The van der Waals surface area contributed by atoms with Crippen LogP contribution in [0.3, 0.4) is 0 Å². The molecule has 2 fully saturated rings. The quantitative estimate of drug-likeness (QED) is 0.0176. The first-order valence-electron chi connectivity index (χ1n) is 31.0. The number of benzene rings is 3. The van der Waals surface area contributed by atoms with E-state index in [1.165, 1.54) is 42.9 Å². The van der Waals surface area contributed by atoms with Crippen molar-refractivity contribution in [2.45, 2.75) is 172 Å². The summed E-state index contributed by atoms with van der Waals surface area (Å²) in [6.07, 6.45) is 3.17. The molecule has 91 heavy (non-hydrogen) atoms. The Kier molecular flexibility index (Phi) is 24.5. The molecule has 7 amide bonds. The van der Waals surface area contributed by atoms with Crippen LogP contribution in [0.5, 0.6) is 0 Å². The molecule has 9 N–H and O–H groups in total. The van der Waals surface area contributed by atoms with E-state index in [0.29, 0.717) is 24.0 Å². The van der Waals surface area contributed by atoms with Crippen molar-refractivity contribution in [2.24, 2.45) is 17.6 Å². The molecule has 0 spiro atoms. The fourth-order valence-corrected chi connectivity index (χ4v) is 11.4. The minimum Gasteiger partial charge on any atom is -0.457 e. The van der Waals surface area contributed by atoms with Crippen molar-refractivity contribution < 1.29 is 82.1 Å². The van der Waals surface area contributed by atoms with E-state index in [1.807, 2.05) is 69.3 Å². The number of esters is 1. The Morgan fingerprint density at radius 1 is 0.846 bits per heavy atom. The Labute approximate surface area is 531 Å². The molecule has 13 atom stereocenters. The lowest BCUT2D eigenvalue weighted by Crippen LogP contribution is -2.55. The molecule has 0 saturated carbocycles. The second kappa shape index (κ2) is 31.7. The number of hydrogen-bond donors (Lipinski definition) is 8. The zero-order valence-corrected chi connectivity index (χ0v) is 53.3. The SMILES string of the molecule is CC[C@H](O)[C@@H](C)[C@H]1O[C@@H]1C[C@@](C)(O)/C=C/C=C(\C)[C@H]1OC(=O)C[C@H](O)CC[C@@](C)(OC)[C@@H](OC(=O)N2CCN(C(=O)OCc3ccc(NC(=O)[C@H](CC(N)=O)NC(=O)[C@H](C)NC(=O)[C@H](C)NC(=O)OCC4c5ccccc5-c5ccccc54)cc3)CC2)/C=C/[C@@H]1C. The van der Waals surface area contributed by atoms with Crippen molar-refractivity contribution in [1.82, 2.24) is 25.8 Å². The van der Waals surface area contributed by atoms with Gasteiger partial charge in [-0.15, -0.1) is 0 Å². The number of carbonyl (C=O) groups excluding carboxylic acids is 8. The highest BCUT2D eigenvalue weighted by atomic mass is 16.6. The van der Waals surface area contributed by atoms with Gasteiger partial charge in [-0.05, 0) is 105 Å². The number of nitrogens with zero attached hydrogens (tertiary/aromatic N) is 2. The number of aliphatic hydroxyl groups excluding tert-OH is 2. The van der Waals surface area contributed by atoms with Crippen molar-refractivity contribution in [1.29, 1.82) is 0 Å². The third-order valence-corrected chi connectivity index (χ3v) is 17.3. The number of aliphatic hydroxyl groups is 3. The topological polar surface area (TPSA) is 337 Å². The number of piperazine rings is 1. The number of cyclic esters (lactones) is 1. The molecule has 0 unspecified atom stereocenters. The van der Waals surface area contributed by atoms with Gasteiger partial charge < -0.3 is 80.5 Å². The molecule has 4 aliphatic rings. The van der Waals surface area contributed by atoms with E-state index in [0.717, 1.165) is 22.3 Å². The van der Waals surface area contributed by atoms with Gasteiger partial charge in [-0.2, -0.15) is 0 Å². The van der Waals surface area contributed by atoms with Gasteiger partial charge in [0.1, 0.15) is 43.0 Å². The number of fused-ring (bicyclic) bond motifs is 3. The summed E-state index contributed by atoms with van der Waals surface area (Å²) < 4.78 is 35.0. The maximum Gasteiger partial charge on any atom is 0.410 e. The Bertz CT molecular complexity index is 3120. The number of anilines is 1.